The summed E-state index contributed by atoms with van der Waals surface area (Å²) >= 11 is 9.67. The second-order valence-electron chi connectivity index (χ2n) is 8.64. The maximum absolute atomic E-state index is 4.83. The molecule has 0 atom stereocenters. The van der Waals surface area contributed by atoms with E-state index in [2.05, 4.69) is 0 Å². The zero-order valence-corrected chi connectivity index (χ0v) is 158. The van der Waals surface area contributed by atoms with Crippen molar-refractivity contribution in [2.45, 2.75) is 0 Å². The molecule has 129 heteroatoms. The Hall–Kier alpha value is 28.4. The summed E-state index contributed by atoms with van der Waals surface area (Å²) in [5, 5.41) is 0. The number of rotatable bonds is 0. The minimum atomic E-state index is 1.37. The van der Waals surface area contributed by atoms with Gasteiger partial charge in [-0.2, -0.15) is 0 Å². The second-order valence-corrected chi connectivity index (χ2v) is 233. The predicted octanol–water partition coefficient (Wildman–Crippen LogP) is -0.310. The van der Waals surface area contributed by atoms with Gasteiger partial charge in [-0.1, -0.05) is 0 Å². The normalized spacial score (nSPS) is 7.91. The van der Waals surface area contributed by atoms with E-state index in [1.807, 2.05) is 1000 Å². The lowest BCUT2D eigenvalue weighted by Crippen LogP contribution is -1.42. The van der Waals surface area contributed by atoms with Crippen molar-refractivity contribution >= 4 is 1150 Å². The van der Waals surface area contributed by atoms with Crippen LogP contribution in [0, 0.1) is 0 Å². The summed E-state index contributed by atoms with van der Waals surface area (Å²) in [6.45, 7) is 0. The molecule has 0 aromatic rings. The summed E-state index contributed by atoms with van der Waals surface area (Å²) in [6, 6.07) is 0. The van der Waals surface area contributed by atoms with Crippen molar-refractivity contribution in [3.8, 4) is 0 Å². The maximum Gasteiger partial charge on any atom is 0 e. The molecule has 0 saturated carbocycles. The molecule has 0 aromatic heterocycles. The predicted molar refractivity (Wildman–Crippen MR) is 950 cm³/mol. The molecule has 0 N–H and O–H groups in total. The van der Waals surface area contributed by atoms with Crippen LogP contribution in [0.5, 0.6) is 0 Å². The Morgan fingerprint density at radius 3 is 0.0853 bits per heavy atom. The Balaban J connectivity index is 6.20. The molecular formula is S129. The van der Waals surface area contributed by atoms with Crippen LogP contribution in [0.1, 0.15) is 0 Å². The molecule has 0 amide bonds. The third-order valence-electron chi connectivity index (χ3n) is 3.50. The topological polar surface area (TPSA) is 0 Å². The van der Waals surface area contributed by atoms with E-state index in [-0.39, 0.29) is 0 Å². The number of hydrogen-bond acceptors (Lipinski definition) is 2. The molecule has 0 bridgehead atoms. The van der Waals surface area contributed by atoms with E-state index in [0.29, 0.717) is 0 Å². The van der Waals surface area contributed by atoms with Crippen molar-refractivity contribution in [3.05, 3.63) is 0 Å². The van der Waals surface area contributed by atoms with Gasteiger partial charge in [0.15, 0.2) is 0 Å². The first kappa shape index (κ1) is 157. The summed E-state index contributed by atoms with van der Waals surface area (Å²) in [6.07, 6.45) is 0. The first-order chi connectivity index (χ1) is 64.4. The minimum Gasteiger partial charge on any atom is 0 e. The van der Waals surface area contributed by atoms with Crippen LogP contribution in [0.4, 0.5) is 0 Å². The fraction of sp³-hybridized carbons (Fsp3) is 0. The molecule has 0 aliphatic heterocycles. The van der Waals surface area contributed by atoms with Crippen LogP contribution in [0.15, 0.2) is 0 Å². The molecule has 0 spiro atoms. The quantitative estimate of drug-likeness (QED) is 0.327. The average Bonchev–Trinajstić information content (AvgIpc) is 1.19. The van der Waals surface area contributed by atoms with E-state index in [1.54, 1.807) is 107 Å². The summed E-state index contributed by atoms with van der Waals surface area (Å²) in [5.74, 6) is 0. The molecule has 774 valence electrons. The van der Waals surface area contributed by atoms with E-state index in [1.165, 1.54) is 17.8 Å². The maximum atomic E-state index is 4.83. The van der Waals surface area contributed by atoms with Gasteiger partial charge in [0.1, 0.15) is 0 Å². The SMILES string of the molecule is S=S=S=S=S=S=S=S=S=S=S=S=S=S=S=S=S=S=S=S=S=S=S=S=S=S=S=S=S=S=S=S=S=S=S=S=S=S=S=S=S=S=S=S=S=S=S=S=S=S=S=S=S=S=S=S=S=S=S=S=S=S=S=S=S=S=S=S=S=S=S=S=S=S=S=S=S=S=S=S=S=S=S=S=S=S=S=S=S=S=S=S=S=S=S=S=S=S=S=S=S=S=S=S=S=S=S=S=S=S=S=S=S=S=S=S=S=S=S=S=S=S=S=S=S=S=S=S=S. The molecular weight excluding hydrogens is 4140 g/mol. The van der Waals surface area contributed by atoms with Gasteiger partial charge in [-0.3, -0.25) is 0 Å². The molecule has 0 saturated heterocycles. The van der Waals surface area contributed by atoms with Crippen LogP contribution in [0.25, 0.3) is 0 Å². The summed E-state index contributed by atoms with van der Waals surface area (Å²) in [4.78, 5) is 0. The van der Waals surface area contributed by atoms with Crippen LogP contribution in [-0.2, 0) is 1150 Å². The largest absolute Gasteiger partial charge is 0 e. The smallest absolute Gasteiger partial charge is 0 e. The monoisotopic (exact) mass is 4120 g/mol. The van der Waals surface area contributed by atoms with E-state index in [4.69, 9.17) is 22.4 Å². The highest BCUT2D eigenvalue weighted by Crippen LogP contribution is 1.53. The van der Waals surface area contributed by atoms with Gasteiger partial charge in [-0.15, -0.1) is 0 Å². The van der Waals surface area contributed by atoms with Crippen LogP contribution in [-0.4, -0.2) is 0 Å². The van der Waals surface area contributed by atoms with Gasteiger partial charge in [0.25, 0.3) is 0 Å². The fourth-order valence-corrected chi connectivity index (χ4v) is 344. The Morgan fingerprint density at radius 1 is 0.0388 bits per heavy atom. The lowest BCUT2D eigenvalue weighted by molar-refractivity contribution is 5.95. The first-order valence-electron chi connectivity index (χ1n) is 21.3. The van der Waals surface area contributed by atoms with Crippen LogP contribution in [0.2, 0.25) is 0 Å². The molecule has 0 aliphatic rings. The van der Waals surface area contributed by atoms with Gasteiger partial charge in [-0.25, -0.2) is 0 Å². The Morgan fingerprint density at radius 2 is 0.0620 bits per heavy atom. The Kier molecular flexibility index (Phi) is 191. The molecule has 0 radical (unpaired) electrons. The highest BCUT2D eigenvalue weighted by molar-refractivity contribution is 8.90. The second kappa shape index (κ2) is 156. The summed E-state index contributed by atoms with van der Waals surface area (Å²) in [5.41, 5.74) is 0. The number of hydrogen-bond donors (Lipinski definition) is 0. The first-order valence-corrected chi connectivity index (χ1v) is 192. The van der Waals surface area contributed by atoms with Gasteiger partial charge in [-0.05, 0) is 0 Å². The third kappa shape index (κ3) is 156. The van der Waals surface area contributed by atoms with Crippen molar-refractivity contribution in [1.29, 1.82) is 0 Å². The van der Waals surface area contributed by atoms with E-state index in [0.717, 1.165) is 0 Å². The average molecular weight is 4140 g/mol. The van der Waals surface area contributed by atoms with Gasteiger partial charge in [0.05, 0.1) is 0 Å². The van der Waals surface area contributed by atoms with E-state index >= 15 is 0 Å². The van der Waals surface area contributed by atoms with Gasteiger partial charge in [0.2, 0.25) is 0 Å². The molecule has 0 nitrogen and oxygen atoms in total. The third-order valence-corrected chi connectivity index (χ3v) is 283. The van der Waals surface area contributed by atoms with E-state index in [9.17, 15) is 0 Å². The van der Waals surface area contributed by atoms with Gasteiger partial charge < -0.3 is 0 Å². The lowest BCUT2D eigenvalue weighted by Gasteiger charge is -1.41. The lowest BCUT2D eigenvalue weighted by atomic mass is 30.7. The summed E-state index contributed by atoms with van der Waals surface area (Å²) < 4.78 is 0. The van der Waals surface area contributed by atoms with Crippen molar-refractivity contribution in [1.82, 2.24) is 0 Å². The fourth-order valence-electron chi connectivity index (χ4n) is 1.42. The van der Waals surface area contributed by atoms with Crippen molar-refractivity contribution in [2.24, 2.45) is 0 Å². The van der Waals surface area contributed by atoms with Gasteiger partial charge >= 0.3 is 0 Å². The molecule has 129 heavy (non-hydrogen) atoms. The van der Waals surface area contributed by atoms with Crippen molar-refractivity contribution in [3.63, 3.8) is 0 Å². The zero-order valence-electron chi connectivity index (χ0n) is 52.7. The molecule has 0 fully saturated rings. The molecule has 0 aromatic carbocycles. The van der Waals surface area contributed by atoms with Crippen LogP contribution in [0.3, 0.4) is 0 Å². The summed E-state index contributed by atoms with van der Waals surface area (Å²) in [7, 11) is 230. The van der Waals surface area contributed by atoms with Crippen molar-refractivity contribution in [2.75, 3.05) is 0 Å². The van der Waals surface area contributed by atoms with E-state index < -0.39 is 0 Å². The standard InChI is InChI=1S/S129/c1-3-5-7-9-11-13-15-17-19-21-23-25-27-29-31-33-35-37-39-41-43-45-47-49-51-53-55-57-59-61-63-65-67-69-71-73-75-77-79-81-83-85-87-89-91-93-95-97-99-101-103-105-107-109-111-113-115-117-119-121-123-125-127-129-128-126-124-122-120-118-116-114-112-110-108-106-104-102-100-98-96-94-92-90-88-86-84-82-80-78-76-74-72-70-68-66-64-62-60-58-56-54-52-50-48-46-44-42-40-38-36-34-32-30-28-26-24-22-20-18-16-14-12-10-8-6-4-2. The molecule has 0 aliphatic carbocycles. The Labute approximate surface area is 1110 Å². The molecule has 0 unspecified atom stereocenters. The van der Waals surface area contributed by atoms with Crippen molar-refractivity contribution < 1.29 is 0 Å². The Bertz CT molecular complexity index is 9630. The molecule has 0 rings (SSSR count). The zero-order chi connectivity index (χ0) is 91.8. The van der Waals surface area contributed by atoms with Gasteiger partial charge in [0, 0.05) is 1150 Å². The minimum absolute atomic E-state index is 1.37. The van der Waals surface area contributed by atoms with Crippen LogP contribution < -0.4 is 0 Å². The highest BCUT2D eigenvalue weighted by Gasteiger charge is 1.54. The van der Waals surface area contributed by atoms with Crippen LogP contribution >= 0.6 is 0 Å². The molecule has 0 heterocycles. The highest BCUT2D eigenvalue weighted by atomic mass is 33.6.